The maximum Gasteiger partial charge on any atom is 0.300 e. The van der Waals surface area contributed by atoms with Crippen LogP contribution in [-0.4, -0.2) is 20.6 Å². The van der Waals surface area contributed by atoms with Crippen molar-refractivity contribution in [1.29, 1.82) is 0 Å². The zero-order chi connectivity index (χ0) is 11.4. The monoisotopic (exact) mass is 207 g/mol. The predicted octanol–water partition coefficient (Wildman–Crippen LogP) is 1.25. The van der Waals surface area contributed by atoms with Crippen molar-refractivity contribution in [3.63, 3.8) is 0 Å². The van der Waals surface area contributed by atoms with Crippen LogP contribution in [0, 0.1) is 0 Å². The number of rotatable bonds is 0. The van der Waals surface area contributed by atoms with Crippen LogP contribution in [0.15, 0.2) is 24.5 Å². The van der Waals surface area contributed by atoms with Gasteiger partial charge in [-0.3, -0.25) is 4.79 Å². The van der Waals surface area contributed by atoms with Crippen molar-refractivity contribution in [2.24, 2.45) is 7.05 Å². The lowest BCUT2D eigenvalue weighted by molar-refractivity contribution is -0.134. The number of fused-ring (bicyclic) bond motifs is 1. The summed E-state index contributed by atoms with van der Waals surface area (Å²) < 4.78 is 1.95. The highest BCUT2D eigenvalue weighted by atomic mass is 16.4. The largest absolute Gasteiger partial charge is 0.481 e. The van der Waals surface area contributed by atoms with Gasteiger partial charge in [-0.05, 0) is 18.2 Å². The molecular formula is C10H13N3O2. The molecule has 1 heterocycles. The van der Waals surface area contributed by atoms with E-state index in [0.29, 0.717) is 0 Å². The van der Waals surface area contributed by atoms with Gasteiger partial charge in [-0.15, -0.1) is 0 Å². The SMILES string of the molecule is CC(=O)O.Cn1cnc2ccc(N)cc21. The number of aryl methyl sites for hydroxylation is 1. The number of hydrogen-bond acceptors (Lipinski definition) is 3. The Balaban J connectivity index is 0.000000245. The molecule has 1 aromatic carbocycles. The second kappa shape index (κ2) is 4.45. The maximum absolute atomic E-state index is 9.00. The molecule has 0 bridgehead atoms. The third kappa shape index (κ3) is 2.98. The molecule has 2 aromatic rings. The quantitative estimate of drug-likeness (QED) is 0.637. The number of nitrogens with zero attached hydrogens (tertiary/aromatic N) is 2. The van der Waals surface area contributed by atoms with E-state index in [2.05, 4.69) is 4.98 Å². The highest BCUT2D eigenvalue weighted by Gasteiger charge is 1.97. The highest BCUT2D eigenvalue weighted by Crippen LogP contribution is 2.14. The molecule has 2 rings (SSSR count). The molecule has 0 saturated carbocycles. The number of aliphatic carboxylic acids is 1. The Morgan fingerprint density at radius 1 is 1.53 bits per heavy atom. The van der Waals surface area contributed by atoms with E-state index in [1.807, 2.05) is 29.8 Å². The van der Waals surface area contributed by atoms with E-state index < -0.39 is 5.97 Å². The summed E-state index contributed by atoms with van der Waals surface area (Å²) in [6.45, 7) is 1.08. The van der Waals surface area contributed by atoms with Gasteiger partial charge in [0.25, 0.3) is 5.97 Å². The van der Waals surface area contributed by atoms with Crippen LogP contribution in [0.2, 0.25) is 0 Å². The van der Waals surface area contributed by atoms with Gasteiger partial charge in [-0.2, -0.15) is 0 Å². The van der Waals surface area contributed by atoms with Gasteiger partial charge in [0.2, 0.25) is 0 Å². The summed E-state index contributed by atoms with van der Waals surface area (Å²) in [6, 6.07) is 5.70. The first kappa shape index (κ1) is 11.0. The van der Waals surface area contributed by atoms with Crippen molar-refractivity contribution in [1.82, 2.24) is 9.55 Å². The van der Waals surface area contributed by atoms with Crippen LogP contribution >= 0.6 is 0 Å². The smallest absolute Gasteiger partial charge is 0.300 e. The van der Waals surface area contributed by atoms with E-state index >= 15 is 0 Å². The normalized spacial score (nSPS) is 9.47. The summed E-state index contributed by atoms with van der Waals surface area (Å²) in [5.74, 6) is -0.833. The number of anilines is 1. The Kier molecular flexibility index (Phi) is 3.28. The minimum atomic E-state index is -0.833. The Bertz CT molecular complexity index is 472. The number of carboxylic acids is 1. The van der Waals surface area contributed by atoms with E-state index in [1.165, 1.54) is 0 Å². The molecule has 1 aromatic heterocycles. The first-order chi connectivity index (χ1) is 7.00. The fourth-order valence-electron chi connectivity index (χ4n) is 1.14. The summed E-state index contributed by atoms with van der Waals surface area (Å²) in [5, 5.41) is 7.42. The second-order valence-corrected chi connectivity index (χ2v) is 3.12. The fraction of sp³-hybridized carbons (Fsp3) is 0.200. The Hall–Kier alpha value is -2.04. The molecule has 5 heteroatoms. The van der Waals surface area contributed by atoms with Crippen molar-refractivity contribution < 1.29 is 9.90 Å². The lowest BCUT2D eigenvalue weighted by Gasteiger charge is -1.94. The molecule has 0 spiro atoms. The molecule has 0 radical (unpaired) electrons. The van der Waals surface area contributed by atoms with Crippen LogP contribution in [-0.2, 0) is 11.8 Å². The molecule has 5 nitrogen and oxygen atoms in total. The number of aromatic nitrogens is 2. The number of nitrogens with two attached hydrogens (primary N) is 1. The Morgan fingerprint density at radius 3 is 2.73 bits per heavy atom. The standard InChI is InChI=1S/C8H9N3.C2H4O2/c1-11-5-10-7-3-2-6(9)4-8(7)11;1-2(3)4/h2-5H,9H2,1H3;1H3,(H,3,4). The minimum Gasteiger partial charge on any atom is -0.481 e. The zero-order valence-corrected chi connectivity index (χ0v) is 8.64. The first-order valence-electron chi connectivity index (χ1n) is 4.37. The molecule has 0 aliphatic rings. The summed E-state index contributed by atoms with van der Waals surface area (Å²) in [5.41, 5.74) is 8.45. The Labute approximate surface area is 87.1 Å². The molecule has 15 heavy (non-hydrogen) atoms. The number of imidazole rings is 1. The summed E-state index contributed by atoms with van der Waals surface area (Å²) in [4.78, 5) is 13.2. The molecule has 80 valence electrons. The number of hydrogen-bond donors (Lipinski definition) is 2. The van der Waals surface area contributed by atoms with Crippen LogP contribution in [0.25, 0.3) is 11.0 Å². The van der Waals surface area contributed by atoms with Crippen molar-refractivity contribution in [2.45, 2.75) is 6.92 Å². The number of carboxylic acid groups (broad SMARTS) is 1. The van der Waals surface area contributed by atoms with E-state index in [1.54, 1.807) is 6.33 Å². The molecular weight excluding hydrogens is 194 g/mol. The Morgan fingerprint density at radius 2 is 2.13 bits per heavy atom. The predicted molar refractivity (Wildman–Crippen MR) is 58.4 cm³/mol. The van der Waals surface area contributed by atoms with Gasteiger partial charge < -0.3 is 15.4 Å². The molecule has 0 aliphatic heterocycles. The molecule has 0 atom stereocenters. The molecule has 0 fully saturated rings. The van der Waals surface area contributed by atoms with Gasteiger partial charge in [-0.1, -0.05) is 0 Å². The lowest BCUT2D eigenvalue weighted by atomic mass is 10.3. The van der Waals surface area contributed by atoms with Gasteiger partial charge in [-0.25, -0.2) is 4.98 Å². The van der Waals surface area contributed by atoms with E-state index in [0.717, 1.165) is 23.6 Å². The molecule has 0 aliphatic carbocycles. The average Bonchev–Trinajstić information content (AvgIpc) is 2.47. The first-order valence-corrected chi connectivity index (χ1v) is 4.37. The highest BCUT2D eigenvalue weighted by molar-refractivity contribution is 5.78. The van der Waals surface area contributed by atoms with Crippen molar-refractivity contribution in [2.75, 3.05) is 5.73 Å². The van der Waals surface area contributed by atoms with Crippen LogP contribution in [0.3, 0.4) is 0 Å². The maximum atomic E-state index is 9.00. The fourth-order valence-corrected chi connectivity index (χ4v) is 1.14. The van der Waals surface area contributed by atoms with Crippen LogP contribution < -0.4 is 5.73 Å². The molecule has 3 N–H and O–H groups in total. The van der Waals surface area contributed by atoms with Gasteiger partial charge in [0, 0.05) is 19.7 Å². The van der Waals surface area contributed by atoms with Crippen LogP contribution in [0.4, 0.5) is 5.69 Å². The molecule has 0 saturated heterocycles. The topological polar surface area (TPSA) is 81.1 Å². The zero-order valence-electron chi connectivity index (χ0n) is 8.64. The van der Waals surface area contributed by atoms with Crippen LogP contribution in [0.1, 0.15) is 6.92 Å². The summed E-state index contributed by atoms with van der Waals surface area (Å²) in [6.07, 6.45) is 1.78. The lowest BCUT2D eigenvalue weighted by Crippen LogP contribution is -1.87. The van der Waals surface area contributed by atoms with Crippen LogP contribution in [0.5, 0.6) is 0 Å². The number of nitrogen functional groups attached to an aromatic ring is 1. The second-order valence-electron chi connectivity index (χ2n) is 3.12. The third-order valence-corrected chi connectivity index (χ3v) is 1.75. The van der Waals surface area contributed by atoms with E-state index in [-0.39, 0.29) is 0 Å². The van der Waals surface area contributed by atoms with E-state index in [4.69, 9.17) is 15.6 Å². The number of benzene rings is 1. The van der Waals surface area contributed by atoms with Gasteiger partial charge in [0.1, 0.15) is 0 Å². The minimum absolute atomic E-state index is 0.779. The van der Waals surface area contributed by atoms with Crippen molar-refractivity contribution >= 4 is 22.7 Å². The molecule has 0 amide bonds. The average molecular weight is 207 g/mol. The van der Waals surface area contributed by atoms with Gasteiger partial charge >= 0.3 is 0 Å². The van der Waals surface area contributed by atoms with E-state index in [9.17, 15) is 0 Å². The van der Waals surface area contributed by atoms with Gasteiger partial charge in [0.05, 0.1) is 17.4 Å². The van der Waals surface area contributed by atoms with Crippen molar-refractivity contribution in [3.05, 3.63) is 24.5 Å². The van der Waals surface area contributed by atoms with Gasteiger partial charge in [0.15, 0.2) is 0 Å². The number of carbonyl (C=O) groups is 1. The summed E-state index contributed by atoms with van der Waals surface area (Å²) in [7, 11) is 1.95. The molecule has 0 unspecified atom stereocenters. The third-order valence-electron chi connectivity index (χ3n) is 1.75. The summed E-state index contributed by atoms with van der Waals surface area (Å²) >= 11 is 0. The van der Waals surface area contributed by atoms with Crippen molar-refractivity contribution in [3.8, 4) is 0 Å².